The summed E-state index contributed by atoms with van der Waals surface area (Å²) in [6.07, 6.45) is 3.53. The van der Waals surface area contributed by atoms with Gasteiger partial charge in [-0.15, -0.1) is 11.3 Å². The lowest BCUT2D eigenvalue weighted by Crippen LogP contribution is -2.38. The molecule has 0 bridgehead atoms. The maximum atomic E-state index is 12.2. The number of methoxy groups -OCH3 is 1. The minimum Gasteiger partial charge on any atom is -0.497 e. The first-order valence-corrected chi connectivity index (χ1v) is 9.82. The average molecular weight is 373 g/mol. The van der Waals surface area contributed by atoms with Crippen LogP contribution in [0.2, 0.25) is 0 Å². The summed E-state index contributed by atoms with van der Waals surface area (Å²) in [5.74, 6) is 0.867. The van der Waals surface area contributed by atoms with Crippen LogP contribution in [0.1, 0.15) is 17.0 Å². The van der Waals surface area contributed by atoms with Crippen molar-refractivity contribution >= 4 is 17.4 Å². The van der Waals surface area contributed by atoms with Gasteiger partial charge in [0, 0.05) is 31.2 Å². The summed E-state index contributed by atoms with van der Waals surface area (Å²) in [6, 6.07) is 8.27. The zero-order valence-electron chi connectivity index (χ0n) is 14.8. The normalized spacial score (nSPS) is 22.5. The van der Waals surface area contributed by atoms with Crippen molar-refractivity contribution in [1.82, 2.24) is 14.8 Å². The molecule has 138 valence electrons. The molecule has 2 aromatic rings. The highest BCUT2D eigenvalue weighted by Crippen LogP contribution is 2.28. The lowest BCUT2D eigenvalue weighted by molar-refractivity contribution is 0.120. The van der Waals surface area contributed by atoms with Gasteiger partial charge in [-0.3, -0.25) is 4.90 Å². The van der Waals surface area contributed by atoms with Gasteiger partial charge in [-0.2, -0.15) is 0 Å². The summed E-state index contributed by atoms with van der Waals surface area (Å²) in [7, 11) is 1.67. The van der Waals surface area contributed by atoms with E-state index in [0.717, 1.165) is 49.8 Å². The lowest BCUT2D eigenvalue weighted by atomic mass is 10.1. The molecule has 0 unspecified atom stereocenters. The number of benzene rings is 1. The summed E-state index contributed by atoms with van der Waals surface area (Å²) >= 11 is 1.67. The Morgan fingerprint density at radius 1 is 1.31 bits per heavy atom. The first-order chi connectivity index (χ1) is 12.7. The molecule has 1 aromatic carbocycles. The van der Waals surface area contributed by atoms with Crippen molar-refractivity contribution in [3.05, 3.63) is 46.4 Å². The van der Waals surface area contributed by atoms with Crippen molar-refractivity contribution < 1.29 is 14.3 Å². The zero-order chi connectivity index (χ0) is 17.9. The van der Waals surface area contributed by atoms with E-state index < -0.39 is 0 Å². The van der Waals surface area contributed by atoms with Gasteiger partial charge in [-0.05, 0) is 30.5 Å². The van der Waals surface area contributed by atoms with E-state index in [1.165, 1.54) is 5.56 Å². The predicted octanol–water partition coefficient (Wildman–Crippen LogP) is 2.79. The van der Waals surface area contributed by atoms with E-state index in [2.05, 4.69) is 22.0 Å². The van der Waals surface area contributed by atoms with E-state index in [0.29, 0.717) is 0 Å². The summed E-state index contributed by atoms with van der Waals surface area (Å²) in [4.78, 5) is 20.8. The van der Waals surface area contributed by atoms with Gasteiger partial charge in [0.05, 0.1) is 19.7 Å². The predicted molar refractivity (Wildman–Crippen MR) is 99.5 cm³/mol. The average Bonchev–Trinajstić information content (AvgIpc) is 3.35. The first-order valence-electron chi connectivity index (χ1n) is 8.94. The van der Waals surface area contributed by atoms with Crippen LogP contribution < -0.4 is 4.74 Å². The molecule has 2 fully saturated rings. The second kappa shape index (κ2) is 7.63. The molecule has 6 nitrogen and oxygen atoms in total. The van der Waals surface area contributed by atoms with Crippen molar-refractivity contribution in [1.29, 1.82) is 0 Å². The fraction of sp³-hybridized carbons (Fsp3) is 0.474. The summed E-state index contributed by atoms with van der Waals surface area (Å²) in [5.41, 5.74) is 1.26. The number of nitrogens with zero attached hydrogens (tertiary/aromatic N) is 3. The molecule has 1 aromatic heterocycles. The summed E-state index contributed by atoms with van der Waals surface area (Å²) in [6.45, 7) is 3.22. The monoisotopic (exact) mass is 373 g/mol. The Kier molecular flexibility index (Phi) is 5.08. The standard InChI is InChI=1S/C19H23N3O3S/c1-24-15-6-4-14(5-7-15)3-2-9-22-16-11-21(12-17(16)25-19(22)23)13-18-20-8-10-26-18/h4-8,10,16-17H,2-3,9,11-13H2,1H3/t16-,17+/m1/s1. The second-order valence-electron chi connectivity index (χ2n) is 6.75. The largest absolute Gasteiger partial charge is 0.497 e. The van der Waals surface area contributed by atoms with Crippen LogP contribution in [0.15, 0.2) is 35.8 Å². The van der Waals surface area contributed by atoms with Gasteiger partial charge in [0.25, 0.3) is 0 Å². The minimum atomic E-state index is -0.163. The fourth-order valence-corrected chi connectivity index (χ4v) is 4.39. The molecule has 0 N–H and O–H groups in total. The van der Waals surface area contributed by atoms with Crippen molar-refractivity contribution in [2.24, 2.45) is 0 Å². The van der Waals surface area contributed by atoms with Crippen LogP contribution in [0, 0.1) is 0 Å². The Bertz CT molecular complexity index is 735. The maximum absolute atomic E-state index is 12.2. The summed E-state index contributed by atoms with van der Waals surface area (Å²) in [5, 5.41) is 3.11. The number of amides is 1. The topological polar surface area (TPSA) is 54.9 Å². The van der Waals surface area contributed by atoms with Crippen LogP contribution in [-0.2, 0) is 17.7 Å². The third-order valence-electron chi connectivity index (χ3n) is 5.07. The molecular weight excluding hydrogens is 350 g/mol. The highest BCUT2D eigenvalue weighted by atomic mass is 32.1. The summed E-state index contributed by atoms with van der Waals surface area (Å²) < 4.78 is 10.8. The third-order valence-corrected chi connectivity index (χ3v) is 5.83. The van der Waals surface area contributed by atoms with Crippen molar-refractivity contribution in [3.63, 3.8) is 0 Å². The molecule has 0 saturated carbocycles. The zero-order valence-corrected chi connectivity index (χ0v) is 15.7. The number of aryl methyl sites for hydroxylation is 1. The van der Waals surface area contributed by atoms with Crippen LogP contribution in [0.4, 0.5) is 4.79 Å². The highest BCUT2D eigenvalue weighted by molar-refractivity contribution is 7.09. The van der Waals surface area contributed by atoms with Gasteiger partial charge >= 0.3 is 6.09 Å². The van der Waals surface area contributed by atoms with Crippen molar-refractivity contribution in [2.45, 2.75) is 31.5 Å². The molecule has 1 amide bonds. The number of thiazole rings is 1. The first kappa shape index (κ1) is 17.3. The minimum absolute atomic E-state index is 0.0107. The molecule has 2 aliphatic heterocycles. The van der Waals surface area contributed by atoms with E-state index in [1.54, 1.807) is 18.4 Å². The van der Waals surface area contributed by atoms with Gasteiger partial charge < -0.3 is 14.4 Å². The number of fused-ring (bicyclic) bond motifs is 1. The molecule has 3 heterocycles. The molecule has 2 atom stereocenters. The van der Waals surface area contributed by atoms with Gasteiger partial charge in [0.1, 0.15) is 16.9 Å². The lowest BCUT2D eigenvalue weighted by Gasteiger charge is -2.22. The quantitative estimate of drug-likeness (QED) is 0.747. The van der Waals surface area contributed by atoms with Crippen LogP contribution >= 0.6 is 11.3 Å². The molecule has 7 heteroatoms. The van der Waals surface area contributed by atoms with Crippen LogP contribution in [0.25, 0.3) is 0 Å². The number of aromatic nitrogens is 1. The van der Waals surface area contributed by atoms with Crippen LogP contribution in [-0.4, -0.2) is 59.8 Å². The van der Waals surface area contributed by atoms with Crippen molar-refractivity contribution in [2.75, 3.05) is 26.7 Å². The molecule has 2 saturated heterocycles. The Labute approximate surface area is 157 Å². The van der Waals surface area contributed by atoms with Gasteiger partial charge in [0.2, 0.25) is 0 Å². The Hall–Kier alpha value is -2.12. The van der Waals surface area contributed by atoms with Crippen molar-refractivity contribution in [3.8, 4) is 5.75 Å². The van der Waals surface area contributed by atoms with Crippen LogP contribution in [0.3, 0.4) is 0 Å². The molecule has 0 aliphatic carbocycles. The molecular formula is C19H23N3O3S. The second-order valence-corrected chi connectivity index (χ2v) is 7.73. The Morgan fingerprint density at radius 2 is 2.15 bits per heavy atom. The molecule has 4 rings (SSSR count). The molecule has 0 radical (unpaired) electrons. The number of hydrogen-bond acceptors (Lipinski definition) is 6. The molecule has 0 spiro atoms. The van der Waals surface area contributed by atoms with Gasteiger partial charge in [0.15, 0.2) is 0 Å². The van der Waals surface area contributed by atoms with Gasteiger partial charge in [-0.25, -0.2) is 9.78 Å². The Morgan fingerprint density at radius 3 is 2.88 bits per heavy atom. The fourth-order valence-electron chi connectivity index (χ4n) is 3.73. The molecule has 26 heavy (non-hydrogen) atoms. The number of carbonyl (C=O) groups is 1. The van der Waals surface area contributed by atoms with E-state index in [4.69, 9.17) is 9.47 Å². The Balaban J connectivity index is 1.29. The van der Waals surface area contributed by atoms with E-state index in [-0.39, 0.29) is 18.2 Å². The number of ether oxygens (including phenoxy) is 2. The molecule has 2 aliphatic rings. The van der Waals surface area contributed by atoms with E-state index in [1.807, 2.05) is 28.6 Å². The van der Waals surface area contributed by atoms with E-state index in [9.17, 15) is 4.79 Å². The van der Waals surface area contributed by atoms with Crippen LogP contribution in [0.5, 0.6) is 5.75 Å². The van der Waals surface area contributed by atoms with E-state index >= 15 is 0 Å². The number of carbonyl (C=O) groups excluding carboxylic acids is 1. The van der Waals surface area contributed by atoms with Gasteiger partial charge in [-0.1, -0.05) is 12.1 Å². The third kappa shape index (κ3) is 3.68. The maximum Gasteiger partial charge on any atom is 0.410 e. The number of likely N-dealkylation sites (tertiary alicyclic amines) is 1. The number of hydrogen-bond donors (Lipinski definition) is 0. The SMILES string of the molecule is COc1ccc(CCCN2C(=O)O[C@H]3CN(Cc4nccs4)C[C@H]32)cc1. The number of rotatable bonds is 7. The smallest absolute Gasteiger partial charge is 0.410 e. The highest BCUT2D eigenvalue weighted by Gasteiger charge is 2.47.